The number of benzene rings is 1. The quantitative estimate of drug-likeness (QED) is 0.846. The lowest BCUT2D eigenvalue weighted by molar-refractivity contribution is -0.140. The Hall–Kier alpha value is -1.03. The van der Waals surface area contributed by atoms with Gasteiger partial charge in [-0.25, -0.2) is 0 Å². The van der Waals surface area contributed by atoms with E-state index in [1.807, 2.05) is 6.92 Å². The molecule has 1 fully saturated rings. The van der Waals surface area contributed by atoms with Gasteiger partial charge in [0.1, 0.15) is 0 Å². The molecule has 0 aliphatic heterocycles. The van der Waals surface area contributed by atoms with Crippen LogP contribution >= 0.6 is 0 Å². The van der Waals surface area contributed by atoms with E-state index in [4.69, 9.17) is 0 Å². The van der Waals surface area contributed by atoms with Crippen LogP contribution in [0.25, 0.3) is 0 Å². The van der Waals surface area contributed by atoms with Crippen molar-refractivity contribution in [2.75, 3.05) is 0 Å². The third-order valence-electron chi connectivity index (χ3n) is 3.90. The summed E-state index contributed by atoms with van der Waals surface area (Å²) < 4.78 is 38.8. The molecule has 1 N–H and O–H groups in total. The van der Waals surface area contributed by atoms with E-state index >= 15 is 0 Å². The van der Waals surface area contributed by atoms with Gasteiger partial charge in [0, 0.05) is 0 Å². The standard InChI is InChI=1S/C14H17F3O/c1-2-10-7-8-13(18,9-10)11-5-3-4-6-12(11)14(15,16)17/h3-6,10,18H,2,7-9H2,1H3. The first-order valence-electron chi connectivity index (χ1n) is 6.26. The van der Waals surface area contributed by atoms with Gasteiger partial charge >= 0.3 is 6.18 Å². The number of hydrogen-bond acceptors (Lipinski definition) is 1. The van der Waals surface area contributed by atoms with Crippen LogP contribution in [-0.4, -0.2) is 5.11 Å². The van der Waals surface area contributed by atoms with Crippen LogP contribution in [0.2, 0.25) is 0 Å². The molecular weight excluding hydrogens is 241 g/mol. The van der Waals surface area contributed by atoms with Crippen LogP contribution < -0.4 is 0 Å². The third kappa shape index (κ3) is 2.39. The average Bonchev–Trinajstić information content (AvgIpc) is 2.71. The highest BCUT2D eigenvalue weighted by molar-refractivity contribution is 5.35. The smallest absolute Gasteiger partial charge is 0.385 e. The summed E-state index contributed by atoms with van der Waals surface area (Å²) in [7, 11) is 0. The Balaban J connectivity index is 2.40. The summed E-state index contributed by atoms with van der Waals surface area (Å²) in [5.41, 5.74) is -1.98. The fourth-order valence-corrected chi connectivity index (χ4v) is 2.85. The van der Waals surface area contributed by atoms with Crippen molar-refractivity contribution in [2.45, 2.75) is 44.4 Å². The van der Waals surface area contributed by atoms with Gasteiger partial charge in [-0.1, -0.05) is 31.5 Å². The molecule has 1 aliphatic carbocycles. The number of aliphatic hydroxyl groups is 1. The highest BCUT2D eigenvalue weighted by Gasteiger charge is 2.44. The normalized spacial score (nSPS) is 28.6. The van der Waals surface area contributed by atoms with Crippen molar-refractivity contribution in [3.63, 3.8) is 0 Å². The molecule has 0 amide bonds. The summed E-state index contributed by atoms with van der Waals surface area (Å²) >= 11 is 0. The molecule has 2 unspecified atom stereocenters. The Bertz CT molecular complexity index is 427. The first-order chi connectivity index (χ1) is 8.37. The zero-order chi connectivity index (χ0) is 13.4. The van der Waals surface area contributed by atoms with Crippen molar-refractivity contribution in [3.8, 4) is 0 Å². The van der Waals surface area contributed by atoms with E-state index in [9.17, 15) is 18.3 Å². The topological polar surface area (TPSA) is 20.2 Å². The molecule has 0 saturated heterocycles. The minimum Gasteiger partial charge on any atom is -0.385 e. The van der Waals surface area contributed by atoms with Crippen LogP contribution in [0.1, 0.15) is 43.7 Å². The molecule has 1 aromatic carbocycles. The second-order valence-electron chi connectivity index (χ2n) is 5.09. The molecule has 0 aromatic heterocycles. The zero-order valence-electron chi connectivity index (χ0n) is 10.3. The summed E-state index contributed by atoms with van der Waals surface area (Å²) in [6.45, 7) is 2.01. The summed E-state index contributed by atoms with van der Waals surface area (Å²) in [5, 5.41) is 10.5. The summed E-state index contributed by atoms with van der Waals surface area (Å²) in [6, 6.07) is 5.37. The van der Waals surface area contributed by atoms with Crippen LogP contribution in [-0.2, 0) is 11.8 Å². The van der Waals surface area contributed by atoms with Crippen molar-refractivity contribution in [2.24, 2.45) is 5.92 Å². The molecule has 0 bridgehead atoms. The maximum atomic E-state index is 12.9. The molecule has 2 atom stereocenters. The van der Waals surface area contributed by atoms with Gasteiger partial charge in [0.15, 0.2) is 0 Å². The van der Waals surface area contributed by atoms with Gasteiger partial charge in [-0.3, -0.25) is 0 Å². The van der Waals surface area contributed by atoms with Crippen LogP contribution in [0.3, 0.4) is 0 Å². The first kappa shape index (κ1) is 13.4. The fraction of sp³-hybridized carbons (Fsp3) is 0.571. The van der Waals surface area contributed by atoms with Crippen LogP contribution in [0, 0.1) is 5.92 Å². The molecule has 18 heavy (non-hydrogen) atoms. The number of hydrogen-bond donors (Lipinski definition) is 1. The predicted molar refractivity (Wildman–Crippen MR) is 63.0 cm³/mol. The minimum absolute atomic E-state index is 0.0356. The van der Waals surface area contributed by atoms with Crippen molar-refractivity contribution in [1.29, 1.82) is 0 Å². The van der Waals surface area contributed by atoms with Gasteiger partial charge in [-0.15, -0.1) is 0 Å². The lowest BCUT2D eigenvalue weighted by atomic mass is 9.87. The van der Waals surface area contributed by atoms with Crippen molar-refractivity contribution in [3.05, 3.63) is 35.4 Å². The molecular formula is C14H17F3O. The Morgan fingerprint density at radius 3 is 2.56 bits per heavy atom. The SMILES string of the molecule is CCC1CCC(O)(c2ccccc2C(F)(F)F)C1. The molecule has 4 heteroatoms. The summed E-state index contributed by atoms with van der Waals surface area (Å²) in [4.78, 5) is 0. The van der Waals surface area contributed by atoms with E-state index in [1.54, 1.807) is 6.07 Å². The van der Waals surface area contributed by atoms with Crippen molar-refractivity contribution < 1.29 is 18.3 Å². The Morgan fingerprint density at radius 1 is 1.33 bits per heavy atom. The van der Waals surface area contributed by atoms with E-state index < -0.39 is 17.3 Å². The van der Waals surface area contributed by atoms with E-state index in [0.29, 0.717) is 18.8 Å². The largest absolute Gasteiger partial charge is 0.416 e. The molecule has 0 heterocycles. The third-order valence-corrected chi connectivity index (χ3v) is 3.90. The van der Waals surface area contributed by atoms with Gasteiger partial charge in [-0.2, -0.15) is 13.2 Å². The molecule has 0 spiro atoms. The second kappa shape index (κ2) is 4.57. The molecule has 1 saturated carbocycles. The maximum absolute atomic E-state index is 12.9. The van der Waals surface area contributed by atoms with Crippen LogP contribution in [0.5, 0.6) is 0 Å². The molecule has 1 nitrogen and oxygen atoms in total. The van der Waals surface area contributed by atoms with E-state index in [2.05, 4.69) is 0 Å². The van der Waals surface area contributed by atoms with Crippen molar-refractivity contribution in [1.82, 2.24) is 0 Å². The summed E-state index contributed by atoms with van der Waals surface area (Å²) in [5.74, 6) is 0.316. The molecule has 0 radical (unpaired) electrons. The fourth-order valence-electron chi connectivity index (χ4n) is 2.85. The van der Waals surface area contributed by atoms with Crippen LogP contribution in [0.15, 0.2) is 24.3 Å². The van der Waals surface area contributed by atoms with Gasteiger partial charge < -0.3 is 5.11 Å². The maximum Gasteiger partial charge on any atom is 0.416 e. The van der Waals surface area contributed by atoms with Gasteiger partial charge in [-0.05, 0) is 36.8 Å². The molecule has 2 rings (SSSR count). The van der Waals surface area contributed by atoms with Crippen molar-refractivity contribution >= 4 is 0 Å². The Kier molecular flexibility index (Phi) is 3.41. The van der Waals surface area contributed by atoms with Gasteiger partial charge in [0.05, 0.1) is 11.2 Å². The zero-order valence-corrected chi connectivity index (χ0v) is 10.3. The van der Waals surface area contributed by atoms with Gasteiger partial charge in [0.2, 0.25) is 0 Å². The number of halogens is 3. The Labute approximate surface area is 105 Å². The highest BCUT2D eigenvalue weighted by Crippen LogP contribution is 2.47. The first-order valence-corrected chi connectivity index (χ1v) is 6.26. The lowest BCUT2D eigenvalue weighted by Gasteiger charge is -2.27. The monoisotopic (exact) mass is 258 g/mol. The van der Waals surface area contributed by atoms with E-state index in [0.717, 1.165) is 18.9 Å². The van der Waals surface area contributed by atoms with E-state index in [-0.39, 0.29) is 5.56 Å². The van der Waals surface area contributed by atoms with Gasteiger partial charge in [0.25, 0.3) is 0 Å². The minimum atomic E-state index is -4.41. The predicted octanol–water partition coefficient (Wildman–Crippen LogP) is 4.10. The number of rotatable bonds is 2. The second-order valence-corrected chi connectivity index (χ2v) is 5.09. The summed E-state index contributed by atoms with van der Waals surface area (Å²) in [6.07, 6.45) is -1.87. The molecule has 1 aliphatic rings. The average molecular weight is 258 g/mol. The molecule has 1 aromatic rings. The Morgan fingerprint density at radius 2 is 2.00 bits per heavy atom. The lowest BCUT2D eigenvalue weighted by Crippen LogP contribution is -2.26. The molecule has 100 valence electrons. The van der Waals surface area contributed by atoms with Crippen LogP contribution in [0.4, 0.5) is 13.2 Å². The number of alkyl halides is 3. The van der Waals surface area contributed by atoms with E-state index in [1.165, 1.54) is 12.1 Å². The highest BCUT2D eigenvalue weighted by atomic mass is 19.4.